The van der Waals surface area contributed by atoms with Crippen molar-refractivity contribution < 1.29 is 19.1 Å². The Morgan fingerprint density at radius 1 is 1.36 bits per heavy atom. The summed E-state index contributed by atoms with van der Waals surface area (Å²) >= 11 is 0. The zero-order chi connectivity index (χ0) is 21.9. The normalized spacial score (nSPS) is 27.4. The lowest BCUT2D eigenvalue weighted by Gasteiger charge is -2.47. The predicted octanol–water partition coefficient (Wildman–Crippen LogP) is 5.63. The second-order valence-corrected chi connectivity index (χ2v) is 15.1. The molecule has 0 aromatic carbocycles. The molecule has 1 unspecified atom stereocenters. The minimum absolute atomic E-state index is 0.0329. The Kier molecular flexibility index (Phi) is 8.32. The number of ether oxygens (including phenoxy) is 1. The van der Waals surface area contributed by atoms with E-state index in [0.717, 1.165) is 30.4 Å². The molecule has 1 fully saturated rings. The molecule has 162 valence electrons. The molecule has 0 bridgehead atoms. The molecule has 4 atom stereocenters. The van der Waals surface area contributed by atoms with Gasteiger partial charge in [-0.3, -0.25) is 4.79 Å². The first kappa shape index (κ1) is 25.1. The van der Waals surface area contributed by atoms with Crippen molar-refractivity contribution in [3.63, 3.8) is 0 Å². The summed E-state index contributed by atoms with van der Waals surface area (Å²) in [6.45, 7) is 25.4. The number of rotatable bonds is 8. The Hall–Kier alpha value is -0.913. The highest BCUT2D eigenvalue weighted by atomic mass is 28.4. The fourth-order valence-corrected chi connectivity index (χ4v) is 5.14. The van der Waals surface area contributed by atoms with Crippen LogP contribution in [0.4, 0.5) is 0 Å². The van der Waals surface area contributed by atoms with Gasteiger partial charge in [-0.2, -0.15) is 0 Å². The summed E-state index contributed by atoms with van der Waals surface area (Å²) in [5.74, 6) is -0.338. The molecule has 0 radical (unpaired) electrons. The van der Waals surface area contributed by atoms with Crippen LogP contribution < -0.4 is 0 Å². The number of hydrogen-bond donors (Lipinski definition) is 1. The molecule has 1 aliphatic carbocycles. The Balaban J connectivity index is 2.99. The lowest BCUT2D eigenvalue weighted by Crippen LogP contribution is -2.47. The van der Waals surface area contributed by atoms with E-state index in [2.05, 4.69) is 53.9 Å². The van der Waals surface area contributed by atoms with Crippen LogP contribution in [0.2, 0.25) is 18.1 Å². The van der Waals surface area contributed by atoms with Gasteiger partial charge in [-0.1, -0.05) is 52.0 Å². The molecule has 1 rings (SSSR count). The van der Waals surface area contributed by atoms with E-state index in [4.69, 9.17) is 9.16 Å². The van der Waals surface area contributed by atoms with Crippen LogP contribution in [0.1, 0.15) is 67.2 Å². The molecule has 0 heterocycles. The van der Waals surface area contributed by atoms with Crippen molar-refractivity contribution in [2.45, 2.75) is 97.6 Å². The molecule has 0 aliphatic heterocycles. The highest BCUT2D eigenvalue weighted by Gasteiger charge is 2.46. The minimum atomic E-state index is -1.93. The zero-order valence-electron chi connectivity index (χ0n) is 19.4. The third kappa shape index (κ3) is 6.04. The van der Waals surface area contributed by atoms with Gasteiger partial charge in [0.25, 0.3) is 0 Å². The van der Waals surface area contributed by atoms with Crippen molar-refractivity contribution in [1.29, 1.82) is 0 Å². The van der Waals surface area contributed by atoms with Crippen molar-refractivity contribution in [3.05, 3.63) is 24.3 Å². The topological polar surface area (TPSA) is 55.8 Å². The Morgan fingerprint density at radius 3 is 2.39 bits per heavy atom. The lowest BCUT2D eigenvalue weighted by molar-refractivity contribution is -0.145. The van der Waals surface area contributed by atoms with Gasteiger partial charge < -0.3 is 14.3 Å². The van der Waals surface area contributed by atoms with Crippen LogP contribution in [-0.2, 0) is 14.0 Å². The van der Waals surface area contributed by atoms with Gasteiger partial charge in [-0.05, 0) is 50.7 Å². The Bertz CT molecular complexity index is 590. The van der Waals surface area contributed by atoms with E-state index in [1.165, 1.54) is 6.92 Å². The van der Waals surface area contributed by atoms with Crippen LogP contribution in [-0.4, -0.2) is 38.2 Å². The summed E-state index contributed by atoms with van der Waals surface area (Å²) in [6.07, 6.45) is 2.55. The summed E-state index contributed by atoms with van der Waals surface area (Å²) in [4.78, 5) is 11.4. The van der Waals surface area contributed by atoms with E-state index >= 15 is 0 Å². The zero-order valence-corrected chi connectivity index (χ0v) is 20.4. The average Bonchev–Trinajstić information content (AvgIpc) is 2.53. The van der Waals surface area contributed by atoms with Gasteiger partial charge in [-0.25, -0.2) is 0 Å². The number of aliphatic hydroxyl groups excluding tert-OH is 1. The average molecular weight is 411 g/mol. The number of aliphatic hydroxyl groups is 1. The second kappa shape index (κ2) is 9.27. The van der Waals surface area contributed by atoms with Crippen LogP contribution >= 0.6 is 0 Å². The van der Waals surface area contributed by atoms with E-state index in [-0.39, 0.29) is 29.6 Å². The van der Waals surface area contributed by atoms with E-state index in [9.17, 15) is 9.90 Å². The van der Waals surface area contributed by atoms with Crippen LogP contribution in [0.3, 0.4) is 0 Å². The largest absolute Gasteiger partial charge is 0.465 e. The summed E-state index contributed by atoms with van der Waals surface area (Å²) in [5.41, 5.74) is 1.69. The smallest absolute Gasteiger partial charge is 0.302 e. The van der Waals surface area contributed by atoms with Crippen LogP contribution in [0.5, 0.6) is 0 Å². The van der Waals surface area contributed by atoms with Crippen LogP contribution in [0, 0.1) is 11.3 Å². The SMILES string of the molecule is C=C(C)C(CC[C@@]1(C)[C@H](COC(C)=O)C(=C)CC[C@@H]1O)O[Si](C)(C)C(C)(C)C. The maximum absolute atomic E-state index is 11.4. The minimum Gasteiger partial charge on any atom is -0.465 e. The van der Waals surface area contributed by atoms with Crippen molar-refractivity contribution in [2.75, 3.05) is 6.61 Å². The van der Waals surface area contributed by atoms with Gasteiger partial charge in [-0.15, -0.1) is 0 Å². The molecular formula is C23H42O4Si. The molecule has 0 saturated heterocycles. The molecule has 1 aliphatic rings. The molecular weight excluding hydrogens is 368 g/mol. The molecule has 0 aromatic heterocycles. The third-order valence-electron chi connectivity index (χ3n) is 6.98. The molecule has 0 aromatic rings. The molecule has 28 heavy (non-hydrogen) atoms. The van der Waals surface area contributed by atoms with E-state index < -0.39 is 19.8 Å². The van der Waals surface area contributed by atoms with E-state index in [1.807, 2.05) is 6.92 Å². The standard InChI is InChI=1S/C23H42O4Si/c1-16(2)20(27-28(9,10)22(5,6)7)13-14-23(8)19(15-26-18(4)24)17(3)11-12-21(23)25/h19-21,25H,1,3,11-15H2,2,4-10H3/t19-,20?,21+,23+/m1/s1. The Morgan fingerprint density at radius 2 is 1.93 bits per heavy atom. The van der Waals surface area contributed by atoms with Gasteiger partial charge in [0, 0.05) is 18.3 Å². The predicted molar refractivity (Wildman–Crippen MR) is 119 cm³/mol. The molecule has 1 N–H and O–H groups in total. The van der Waals surface area contributed by atoms with Crippen LogP contribution in [0.15, 0.2) is 24.3 Å². The lowest BCUT2D eigenvalue weighted by atomic mass is 9.61. The maximum atomic E-state index is 11.4. The van der Waals surface area contributed by atoms with Gasteiger partial charge in [0.1, 0.15) is 0 Å². The van der Waals surface area contributed by atoms with E-state index in [1.54, 1.807) is 0 Å². The fourth-order valence-electron chi connectivity index (χ4n) is 3.75. The van der Waals surface area contributed by atoms with Crippen molar-refractivity contribution in [1.82, 2.24) is 0 Å². The van der Waals surface area contributed by atoms with Gasteiger partial charge in [0.2, 0.25) is 0 Å². The molecule has 0 amide bonds. The monoisotopic (exact) mass is 410 g/mol. The van der Waals surface area contributed by atoms with E-state index in [0.29, 0.717) is 6.42 Å². The van der Waals surface area contributed by atoms with Gasteiger partial charge in [0.05, 0.1) is 18.8 Å². The van der Waals surface area contributed by atoms with Gasteiger partial charge in [0.15, 0.2) is 8.32 Å². The quantitative estimate of drug-likeness (QED) is 0.320. The first-order chi connectivity index (χ1) is 12.6. The highest BCUT2D eigenvalue weighted by Crippen LogP contribution is 2.48. The molecule has 4 nitrogen and oxygen atoms in total. The number of carbonyl (C=O) groups is 1. The molecule has 0 spiro atoms. The summed E-state index contributed by atoms with van der Waals surface area (Å²) in [5, 5.41) is 11.0. The highest BCUT2D eigenvalue weighted by molar-refractivity contribution is 6.74. The van der Waals surface area contributed by atoms with Crippen LogP contribution in [0.25, 0.3) is 0 Å². The Labute approximate surface area is 173 Å². The number of esters is 1. The summed E-state index contributed by atoms with van der Waals surface area (Å²) in [6, 6.07) is 0. The first-order valence-electron chi connectivity index (χ1n) is 10.4. The second-order valence-electron chi connectivity index (χ2n) is 10.3. The maximum Gasteiger partial charge on any atom is 0.302 e. The van der Waals surface area contributed by atoms with Crippen molar-refractivity contribution in [2.24, 2.45) is 11.3 Å². The van der Waals surface area contributed by atoms with Crippen molar-refractivity contribution >= 4 is 14.3 Å². The fraction of sp³-hybridized carbons (Fsp3) is 0.783. The number of carbonyl (C=O) groups excluding carboxylic acids is 1. The summed E-state index contributed by atoms with van der Waals surface area (Å²) in [7, 11) is -1.93. The van der Waals surface area contributed by atoms with Gasteiger partial charge >= 0.3 is 5.97 Å². The third-order valence-corrected chi connectivity index (χ3v) is 11.5. The number of hydrogen-bond acceptors (Lipinski definition) is 4. The molecule has 5 heteroatoms. The summed E-state index contributed by atoms with van der Waals surface area (Å²) < 4.78 is 12.0. The first-order valence-corrected chi connectivity index (χ1v) is 13.3. The van der Waals surface area contributed by atoms with Crippen molar-refractivity contribution in [3.8, 4) is 0 Å². The molecule has 1 saturated carbocycles.